The van der Waals surface area contributed by atoms with Gasteiger partial charge in [0.05, 0.1) is 5.56 Å². The molecule has 1 aliphatic heterocycles. The van der Waals surface area contributed by atoms with Crippen molar-refractivity contribution in [2.24, 2.45) is 5.92 Å². The van der Waals surface area contributed by atoms with E-state index in [1.54, 1.807) is 18.5 Å². The molecule has 0 radical (unpaired) electrons. The lowest BCUT2D eigenvalue weighted by Gasteiger charge is -2.35. The summed E-state index contributed by atoms with van der Waals surface area (Å²) in [7, 11) is 0. The second-order valence-corrected chi connectivity index (χ2v) is 5.45. The molecule has 1 fully saturated rings. The zero-order chi connectivity index (χ0) is 13.8. The molecule has 0 saturated carbocycles. The first-order chi connectivity index (χ1) is 9.08. The second-order valence-electron chi connectivity index (χ2n) is 5.45. The number of piperazine rings is 1. The lowest BCUT2D eigenvalue weighted by atomic mass is 10.1. The number of anilines is 1. The average molecular weight is 262 g/mol. The normalized spacial score (nSPS) is 16.9. The van der Waals surface area contributed by atoms with Gasteiger partial charge in [-0.1, -0.05) is 13.8 Å². The molecule has 2 rings (SSSR count). The van der Waals surface area contributed by atoms with E-state index in [1.807, 2.05) is 4.90 Å². The summed E-state index contributed by atoms with van der Waals surface area (Å²) >= 11 is 0. The molecule has 1 aliphatic rings. The summed E-state index contributed by atoms with van der Waals surface area (Å²) in [5, 5.41) is 0. The number of hydrogen-bond donors (Lipinski definition) is 1. The molecule has 0 atom stereocenters. The highest BCUT2D eigenvalue weighted by Crippen LogP contribution is 2.14. The topological polar surface area (TPSA) is 62.5 Å². The van der Waals surface area contributed by atoms with Gasteiger partial charge in [0.2, 0.25) is 0 Å². The minimum atomic E-state index is -0.00482. The van der Waals surface area contributed by atoms with Crippen LogP contribution >= 0.6 is 0 Å². The Bertz CT molecular complexity index is 439. The minimum absolute atomic E-state index is 0.00482. The molecule has 0 spiro atoms. The monoisotopic (exact) mass is 262 g/mol. The molecule has 2 N–H and O–H groups in total. The van der Waals surface area contributed by atoms with Crippen molar-refractivity contribution in [1.29, 1.82) is 0 Å². The number of nitrogens with two attached hydrogens (primary N) is 1. The molecule has 1 aromatic heterocycles. The molecule has 2 heterocycles. The molecule has 0 bridgehead atoms. The van der Waals surface area contributed by atoms with Crippen LogP contribution in [0, 0.1) is 5.92 Å². The molecule has 1 amide bonds. The zero-order valence-electron chi connectivity index (χ0n) is 11.7. The molecule has 1 saturated heterocycles. The van der Waals surface area contributed by atoms with Gasteiger partial charge in [-0.2, -0.15) is 0 Å². The van der Waals surface area contributed by atoms with Crippen molar-refractivity contribution in [1.82, 2.24) is 14.8 Å². The maximum atomic E-state index is 12.3. The number of rotatable bonds is 3. The van der Waals surface area contributed by atoms with Gasteiger partial charge in [0.1, 0.15) is 0 Å². The van der Waals surface area contributed by atoms with Crippen LogP contribution in [0.3, 0.4) is 0 Å². The predicted molar refractivity (Wildman–Crippen MR) is 75.8 cm³/mol. The number of nitrogen functional groups attached to an aromatic ring is 1. The van der Waals surface area contributed by atoms with Crippen molar-refractivity contribution in [3.05, 3.63) is 24.0 Å². The molecule has 104 valence electrons. The molecule has 5 heteroatoms. The Labute approximate surface area is 114 Å². The van der Waals surface area contributed by atoms with Crippen molar-refractivity contribution in [2.45, 2.75) is 13.8 Å². The fourth-order valence-electron chi connectivity index (χ4n) is 2.40. The number of aromatic nitrogens is 1. The molecule has 5 nitrogen and oxygen atoms in total. The van der Waals surface area contributed by atoms with E-state index in [0.717, 1.165) is 32.7 Å². The SMILES string of the molecule is CC(C)CN1CCN(C(=O)c2cnccc2N)CC1. The van der Waals surface area contributed by atoms with E-state index >= 15 is 0 Å². The molecular formula is C14H22N4O. The largest absolute Gasteiger partial charge is 0.398 e. The van der Waals surface area contributed by atoms with E-state index < -0.39 is 0 Å². The van der Waals surface area contributed by atoms with Gasteiger partial charge >= 0.3 is 0 Å². The van der Waals surface area contributed by atoms with Crippen LogP contribution in [0.4, 0.5) is 5.69 Å². The van der Waals surface area contributed by atoms with Gasteiger partial charge in [0, 0.05) is 50.8 Å². The van der Waals surface area contributed by atoms with E-state index in [1.165, 1.54) is 0 Å². The van der Waals surface area contributed by atoms with E-state index in [9.17, 15) is 4.79 Å². The van der Waals surface area contributed by atoms with Crippen LogP contribution in [0.1, 0.15) is 24.2 Å². The van der Waals surface area contributed by atoms with Gasteiger partial charge in [0.15, 0.2) is 0 Å². The van der Waals surface area contributed by atoms with Crippen LogP contribution in [0.25, 0.3) is 0 Å². The lowest BCUT2D eigenvalue weighted by molar-refractivity contribution is 0.0624. The summed E-state index contributed by atoms with van der Waals surface area (Å²) < 4.78 is 0. The van der Waals surface area contributed by atoms with Crippen LogP contribution in [0.2, 0.25) is 0 Å². The Morgan fingerprint density at radius 2 is 2.05 bits per heavy atom. The van der Waals surface area contributed by atoms with Crippen LogP contribution < -0.4 is 5.73 Å². The van der Waals surface area contributed by atoms with Crippen molar-refractivity contribution in [3.8, 4) is 0 Å². The Kier molecular flexibility index (Phi) is 4.37. The number of pyridine rings is 1. The highest BCUT2D eigenvalue weighted by Gasteiger charge is 2.23. The Morgan fingerprint density at radius 3 is 2.63 bits per heavy atom. The minimum Gasteiger partial charge on any atom is -0.398 e. The first kappa shape index (κ1) is 13.8. The molecule has 19 heavy (non-hydrogen) atoms. The van der Waals surface area contributed by atoms with Crippen LogP contribution in [0.5, 0.6) is 0 Å². The number of hydrogen-bond acceptors (Lipinski definition) is 4. The summed E-state index contributed by atoms with van der Waals surface area (Å²) in [6.07, 6.45) is 3.16. The van der Waals surface area contributed by atoms with E-state index in [0.29, 0.717) is 17.2 Å². The molecular weight excluding hydrogens is 240 g/mol. The van der Waals surface area contributed by atoms with Gasteiger partial charge in [-0.15, -0.1) is 0 Å². The first-order valence-electron chi connectivity index (χ1n) is 6.79. The molecule has 0 aromatic carbocycles. The quantitative estimate of drug-likeness (QED) is 0.885. The summed E-state index contributed by atoms with van der Waals surface area (Å²) in [6, 6.07) is 1.67. The maximum Gasteiger partial charge on any atom is 0.257 e. The molecule has 1 aromatic rings. The van der Waals surface area contributed by atoms with Crippen molar-refractivity contribution in [3.63, 3.8) is 0 Å². The average Bonchev–Trinajstić information content (AvgIpc) is 2.39. The van der Waals surface area contributed by atoms with E-state index in [2.05, 4.69) is 23.7 Å². The number of amides is 1. The third-order valence-electron chi connectivity index (χ3n) is 3.37. The highest BCUT2D eigenvalue weighted by molar-refractivity contribution is 5.98. The maximum absolute atomic E-state index is 12.3. The smallest absolute Gasteiger partial charge is 0.257 e. The third kappa shape index (κ3) is 3.44. The molecule has 0 aliphatic carbocycles. The fourth-order valence-corrected chi connectivity index (χ4v) is 2.40. The van der Waals surface area contributed by atoms with Crippen LogP contribution in [0.15, 0.2) is 18.5 Å². The van der Waals surface area contributed by atoms with Gasteiger partial charge in [-0.25, -0.2) is 0 Å². The fraction of sp³-hybridized carbons (Fsp3) is 0.571. The lowest BCUT2D eigenvalue weighted by Crippen LogP contribution is -2.49. The third-order valence-corrected chi connectivity index (χ3v) is 3.37. The number of carbonyl (C=O) groups excluding carboxylic acids is 1. The number of nitrogens with zero attached hydrogens (tertiary/aromatic N) is 3. The Hall–Kier alpha value is -1.62. The van der Waals surface area contributed by atoms with Gasteiger partial charge in [-0.3, -0.25) is 14.7 Å². The zero-order valence-corrected chi connectivity index (χ0v) is 11.7. The highest BCUT2D eigenvalue weighted by atomic mass is 16.2. The van der Waals surface area contributed by atoms with E-state index in [4.69, 9.17) is 5.73 Å². The second kappa shape index (κ2) is 6.02. The van der Waals surface area contributed by atoms with Gasteiger partial charge < -0.3 is 10.6 Å². The van der Waals surface area contributed by atoms with Gasteiger partial charge in [0.25, 0.3) is 5.91 Å². The van der Waals surface area contributed by atoms with Crippen LogP contribution in [-0.2, 0) is 0 Å². The van der Waals surface area contributed by atoms with Crippen molar-refractivity contribution < 1.29 is 4.79 Å². The predicted octanol–water partition coefficient (Wildman–Crippen LogP) is 1.08. The Balaban J connectivity index is 1.95. The Morgan fingerprint density at radius 1 is 1.37 bits per heavy atom. The standard InChI is InChI=1S/C14H22N4O/c1-11(2)10-17-5-7-18(8-6-17)14(19)12-9-16-4-3-13(12)15/h3-4,9,11H,5-8,10H2,1-2H3,(H2,15,16). The summed E-state index contributed by atoms with van der Waals surface area (Å²) in [5.41, 5.74) is 6.84. The molecule has 0 unspecified atom stereocenters. The summed E-state index contributed by atoms with van der Waals surface area (Å²) in [5.74, 6) is 0.658. The summed E-state index contributed by atoms with van der Waals surface area (Å²) in [4.78, 5) is 20.6. The van der Waals surface area contributed by atoms with E-state index in [-0.39, 0.29) is 5.91 Å². The first-order valence-corrected chi connectivity index (χ1v) is 6.79. The summed E-state index contributed by atoms with van der Waals surface area (Å²) in [6.45, 7) is 8.92. The van der Waals surface area contributed by atoms with Gasteiger partial charge in [-0.05, 0) is 12.0 Å². The number of carbonyl (C=O) groups is 1. The van der Waals surface area contributed by atoms with Crippen molar-refractivity contribution in [2.75, 3.05) is 38.5 Å². The van der Waals surface area contributed by atoms with Crippen molar-refractivity contribution >= 4 is 11.6 Å². The van der Waals surface area contributed by atoms with Crippen LogP contribution in [-0.4, -0.2) is 53.4 Å².